The Labute approximate surface area is 140 Å². The molecule has 0 atom stereocenters. The van der Waals surface area contributed by atoms with E-state index in [0.29, 0.717) is 12.8 Å². The molecule has 116 valence electrons. The summed E-state index contributed by atoms with van der Waals surface area (Å²) >= 11 is 6.04. The van der Waals surface area contributed by atoms with E-state index in [1.807, 2.05) is 42.5 Å². The van der Waals surface area contributed by atoms with Crippen LogP contribution >= 0.6 is 11.6 Å². The Morgan fingerprint density at radius 1 is 1.04 bits per heavy atom. The average molecular weight is 325 g/mol. The minimum Gasteiger partial charge on any atom is -0.300 e. The molecule has 0 saturated heterocycles. The molecule has 2 aromatic carbocycles. The molecule has 0 aliphatic rings. The van der Waals surface area contributed by atoms with Crippen LogP contribution in [0.4, 0.5) is 0 Å². The van der Waals surface area contributed by atoms with Crippen LogP contribution in [-0.2, 0) is 11.2 Å². The molecule has 1 aromatic heterocycles. The van der Waals surface area contributed by atoms with Crippen LogP contribution in [0.25, 0.3) is 22.4 Å². The molecule has 3 aromatic rings. The number of nitrogens with zero attached hydrogens (tertiary/aromatic N) is 1. The zero-order valence-electron chi connectivity index (χ0n) is 12.8. The van der Waals surface area contributed by atoms with Crippen molar-refractivity contribution < 1.29 is 4.79 Å². The summed E-state index contributed by atoms with van der Waals surface area (Å²) in [7, 11) is 0. The molecule has 0 aliphatic carbocycles. The van der Waals surface area contributed by atoms with Gasteiger partial charge in [-0.3, -0.25) is 5.10 Å². The highest BCUT2D eigenvalue weighted by Gasteiger charge is 2.06. The number of nitrogens with one attached hydrogen (secondary N) is 1. The number of Topliss-reactive ketones (excluding diaryl/α,β-unsaturated/α-hetero) is 1. The van der Waals surface area contributed by atoms with Crippen LogP contribution in [0.15, 0.2) is 54.6 Å². The molecule has 0 spiro atoms. The van der Waals surface area contributed by atoms with Gasteiger partial charge in [0.2, 0.25) is 0 Å². The van der Waals surface area contributed by atoms with E-state index in [9.17, 15) is 4.79 Å². The Kier molecular flexibility index (Phi) is 4.58. The topological polar surface area (TPSA) is 45.8 Å². The Hall–Kier alpha value is -2.39. The highest BCUT2D eigenvalue weighted by Crippen LogP contribution is 2.26. The normalized spacial score (nSPS) is 10.7. The third kappa shape index (κ3) is 3.88. The molecular formula is C19H17ClN2O. The molecule has 23 heavy (non-hydrogen) atoms. The highest BCUT2D eigenvalue weighted by atomic mass is 35.5. The number of carbonyl (C=O) groups excluding carboxylic acids is 1. The number of H-pyrrole nitrogens is 1. The van der Waals surface area contributed by atoms with E-state index in [0.717, 1.165) is 33.1 Å². The molecule has 1 heterocycles. The van der Waals surface area contributed by atoms with Crippen molar-refractivity contribution in [2.45, 2.75) is 19.8 Å². The van der Waals surface area contributed by atoms with Gasteiger partial charge in [-0.05, 0) is 42.7 Å². The van der Waals surface area contributed by atoms with Crippen LogP contribution < -0.4 is 0 Å². The first-order chi connectivity index (χ1) is 11.1. The van der Waals surface area contributed by atoms with Gasteiger partial charge in [-0.25, -0.2) is 0 Å². The van der Waals surface area contributed by atoms with E-state index < -0.39 is 0 Å². The Bertz CT molecular complexity index is 821. The first-order valence-electron chi connectivity index (χ1n) is 7.52. The van der Waals surface area contributed by atoms with Crippen molar-refractivity contribution in [2.24, 2.45) is 0 Å². The molecule has 4 heteroatoms. The second-order valence-corrected chi connectivity index (χ2v) is 6.00. The first-order valence-corrected chi connectivity index (χ1v) is 7.90. The fourth-order valence-corrected chi connectivity index (χ4v) is 2.64. The zero-order valence-corrected chi connectivity index (χ0v) is 13.6. The SMILES string of the molecule is CC(=O)CCc1cc(-c2ccc(-c3cccc(Cl)c3)cc2)n[nH]1. The molecule has 0 unspecified atom stereocenters. The molecule has 0 radical (unpaired) electrons. The zero-order chi connectivity index (χ0) is 16.2. The smallest absolute Gasteiger partial charge is 0.130 e. The number of carbonyl (C=O) groups is 1. The largest absolute Gasteiger partial charge is 0.300 e. The van der Waals surface area contributed by atoms with Gasteiger partial charge >= 0.3 is 0 Å². The molecule has 3 rings (SSSR count). The van der Waals surface area contributed by atoms with Crippen molar-refractivity contribution >= 4 is 17.4 Å². The van der Waals surface area contributed by atoms with Crippen molar-refractivity contribution in [3.8, 4) is 22.4 Å². The van der Waals surface area contributed by atoms with E-state index in [2.05, 4.69) is 22.3 Å². The van der Waals surface area contributed by atoms with Crippen molar-refractivity contribution in [3.05, 3.63) is 65.3 Å². The van der Waals surface area contributed by atoms with Gasteiger partial charge in [0, 0.05) is 22.7 Å². The number of aryl methyl sites for hydroxylation is 1. The molecule has 0 aliphatic heterocycles. The van der Waals surface area contributed by atoms with E-state index in [4.69, 9.17) is 11.6 Å². The van der Waals surface area contributed by atoms with Gasteiger partial charge in [0.1, 0.15) is 5.78 Å². The fraction of sp³-hybridized carbons (Fsp3) is 0.158. The summed E-state index contributed by atoms with van der Waals surface area (Å²) < 4.78 is 0. The first kappa shape index (κ1) is 15.5. The minimum absolute atomic E-state index is 0.187. The van der Waals surface area contributed by atoms with E-state index >= 15 is 0 Å². The lowest BCUT2D eigenvalue weighted by molar-refractivity contribution is -0.116. The number of halogens is 1. The minimum atomic E-state index is 0.187. The summed E-state index contributed by atoms with van der Waals surface area (Å²) in [6, 6.07) is 18.0. The third-order valence-corrected chi connectivity index (χ3v) is 3.95. The van der Waals surface area contributed by atoms with Gasteiger partial charge < -0.3 is 4.79 Å². The Morgan fingerprint density at radius 3 is 2.48 bits per heavy atom. The van der Waals surface area contributed by atoms with Crippen molar-refractivity contribution in [2.75, 3.05) is 0 Å². The number of aromatic nitrogens is 2. The predicted molar refractivity (Wildman–Crippen MR) is 93.5 cm³/mol. The maximum Gasteiger partial charge on any atom is 0.130 e. The molecule has 0 amide bonds. The van der Waals surface area contributed by atoms with Gasteiger partial charge in [-0.1, -0.05) is 48.0 Å². The summed E-state index contributed by atoms with van der Waals surface area (Å²) in [5, 5.41) is 8.05. The van der Waals surface area contributed by atoms with Gasteiger partial charge in [-0.15, -0.1) is 0 Å². The summed E-state index contributed by atoms with van der Waals surface area (Å²) in [6.45, 7) is 1.60. The number of hydrogen-bond donors (Lipinski definition) is 1. The standard InChI is InChI=1S/C19H17ClN2O/c1-13(23)5-10-18-12-19(22-21-18)15-8-6-14(7-9-15)16-3-2-4-17(20)11-16/h2-4,6-9,11-12H,5,10H2,1H3,(H,21,22). The number of hydrogen-bond acceptors (Lipinski definition) is 2. The highest BCUT2D eigenvalue weighted by molar-refractivity contribution is 6.30. The van der Waals surface area contributed by atoms with Gasteiger partial charge in [0.25, 0.3) is 0 Å². The lowest BCUT2D eigenvalue weighted by atomic mass is 10.0. The second kappa shape index (κ2) is 6.80. The van der Waals surface area contributed by atoms with Crippen LogP contribution in [0.3, 0.4) is 0 Å². The maximum atomic E-state index is 11.0. The van der Waals surface area contributed by atoms with Crippen molar-refractivity contribution in [1.29, 1.82) is 0 Å². The summed E-state index contributed by atoms with van der Waals surface area (Å²) in [4.78, 5) is 11.0. The van der Waals surface area contributed by atoms with E-state index in [-0.39, 0.29) is 5.78 Å². The fourth-order valence-electron chi connectivity index (χ4n) is 2.45. The van der Waals surface area contributed by atoms with Crippen LogP contribution in [0, 0.1) is 0 Å². The van der Waals surface area contributed by atoms with Crippen molar-refractivity contribution in [3.63, 3.8) is 0 Å². The predicted octanol–water partition coefficient (Wildman–Crippen LogP) is 4.92. The number of aromatic amines is 1. The lowest BCUT2D eigenvalue weighted by Crippen LogP contribution is -1.93. The number of ketones is 1. The van der Waals surface area contributed by atoms with Crippen LogP contribution in [0.5, 0.6) is 0 Å². The average Bonchev–Trinajstić information content (AvgIpc) is 3.02. The Morgan fingerprint density at radius 2 is 1.78 bits per heavy atom. The summed E-state index contributed by atoms with van der Waals surface area (Å²) in [5.74, 6) is 0.187. The maximum absolute atomic E-state index is 11.0. The molecule has 0 bridgehead atoms. The number of rotatable bonds is 5. The van der Waals surface area contributed by atoms with Crippen LogP contribution in [0.1, 0.15) is 19.0 Å². The van der Waals surface area contributed by atoms with Crippen molar-refractivity contribution in [1.82, 2.24) is 10.2 Å². The monoisotopic (exact) mass is 324 g/mol. The summed E-state index contributed by atoms with van der Waals surface area (Å²) in [5.41, 5.74) is 5.12. The molecule has 0 fully saturated rings. The van der Waals surface area contributed by atoms with Gasteiger partial charge in [0.15, 0.2) is 0 Å². The molecular weight excluding hydrogens is 308 g/mol. The van der Waals surface area contributed by atoms with Crippen LogP contribution in [0.2, 0.25) is 5.02 Å². The second-order valence-electron chi connectivity index (χ2n) is 5.57. The molecule has 3 nitrogen and oxygen atoms in total. The van der Waals surface area contributed by atoms with E-state index in [1.165, 1.54) is 0 Å². The van der Waals surface area contributed by atoms with Gasteiger partial charge in [0.05, 0.1) is 5.69 Å². The quantitative estimate of drug-likeness (QED) is 0.724. The number of benzene rings is 2. The lowest BCUT2D eigenvalue weighted by Gasteiger charge is -2.03. The summed E-state index contributed by atoms with van der Waals surface area (Å²) in [6.07, 6.45) is 1.23. The van der Waals surface area contributed by atoms with Crippen LogP contribution in [-0.4, -0.2) is 16.0 Å². The third-order valence-electron chi connectivity index (χ3n) is 3.72. The Balaban J connectivity index is 1.78. The molecule has 0 saturated carbocycles. The molecule has 1 N–H and O–H groups in total. The van der Waals surface area contributed by atoms with Gasteiger partial charge in [-0.2, -0.15) is 5.10 Å². The van der Waals surface area contributed by atoms with E-state index in [1.54, 1.807) is 6.92 Å².